The van der Waals surface area contributed by atoms with Crippen LogP contribution in [0.5, 0.6) is 0 Å². The molecular weight excluding hydrogens is 309 g/mol. The predicted octanol–water partition coefficient (Wildman–Crippen LogP) is 3.88. The second-order valence-corrected chi connectivity index (χ2v) is 5.14. The number of nitriles is 1. The molecule has 0 radical (unpaired) electrons. The van der Waals surface area contributed by atoms with Crippen molar-refractivity contribution in [1.29, 1.82) is 5.26 Å². The summed E-state index contributed by atoms with van der Waals surface area (Å²) >= 11 is 11.8. The molecule has 2 rings (SSSR count). The minimum Gasteiger partial charge on any atom is -0.351 e. The Hall–Kier alpha value is -2.22. The number of amides is 1. The maximum absolute atomic E-state index is 12.1. The molecule has 1 heterocycles. The predicted molar refractivity (Wildman–Crippen MR) is 84.1 cm³/mol. The van der Waals surface area contributed by atoms with Crippen molar-refractivity contribution < 1.29 is 4.79 Å². The van der Waals surface area contributed by atoms with E-state index in [0.717, 1.165) is 5.69 Å². The van der Waals surface area contributed by atoms with E-state index in [-0.39, 0.29) is 5.57 Å². The first-order valence-corrected chi connectivity index (χ1v) is 6.76. The van der Waals surface area contributed by atoms with Gasteiger partial charge in [-0.3, -0.25) is 4.79 Å². The number of nitrogens with one attached hydrogen (secondary N) is 1. The van der Waals surface area contributed by atoms with Crippen LogP contribution in [0.3, 0.4) is 0 Å². The SMILES string of the molecule is Cn1cccc1/C=C(\C#N)C(=O)Nc1ccc(Cl)cc1Cl. The van der Waals surface area contributed by atoms with Crippen molar-refractivity contribution in [1.82, 2.24) is 4.57 Å². The van der Waals surface area contributed by atoms with Crippen molar-refractivity contribution in [2.75, 3.05) is 5.32 Å². The molecular formula is C15H11Cl2N3O. The molecule has 0 atom stereocenters. The zero-order valence-electron chi connectivity index (χ0n) is 11.1. The van der Waals surface area contributed by atoms with Crippen LogP contribution in [0, 0.1) is 11.3 Å². The van der Waals surface area contributed by atoms with E-state index in [1.807, 2.05) is 25.4 Å². The fourth-order valence-electron chi connectivity index (χ4n) is 1.70. The molecule has 4 nitrogen and oxygen atoms in total. The van der Waals surface area contributed by atoms with Crippen molar-refractivity contribution in [3.8, 4) is 6.07 Å². The molecule has 0 saturated carbocycles. The molecule has 0 aliphatic heterocycles. The fraction of sp³-hybridized carbons (Fsp3) is 0.0667. The summed E-state index contributed by atoms with van der Waals surface area (Å²) in [5.41, 5.74) is 1.14. The van der Waals surface area contributed by atoms with Gasteiger partial charge in [-0.25, -0.2) is 0 Å². The van der Waals surface area contributed by atoms with E-state index < -0.39 is 5.91 Å². The molecule has 0 fully saturated rings. The second-order valence-electron chi connectivity index (χ2n) is 4.29. The molecule has 2 aromatic rings. The van der Waals surface area contributed by atoms with Crippen LogP contribution in [0.2, 0.25) is 10.0 Å². The monoisotopic (exact) mass is 319 g/mol. The minimum atomic E-state index is -0.525. The largest absolute Gasteiger partial charge is 0.351 e. The summed E-state index contributed by atoms with van der Waals surface area (Å²) in [6, 6.07) is 10.2. The Kier molecular flexibility index (Phi) is 4.69. The average molecular weight is 320 g/mol. The zero-order valence-corrected chi connectivity index (χ0v) is 12.6. The number of carbonyl (C=O) groups excluding carboxylic acids is 1. The maximum Gasteiger partial charge on any atom is 0.266 e. The Morgan fingerprint density at radius 2 is 2.14 bits per heavy atom. The maximum atomic E-state index is 12.1. The van der Waals surface area contributed by atoms with Gasteiger partial charge in [0.05, 0.1) is 10.7 Å². The lowest BCUT2D eigenvalue weighted by molar-refractivity contribution is -0.112. The average Bonchev–Trinajstić information content (AvgIpc) is 2.84. The van der Waals surface area contributed by atoms with Crippen LogP contribution in [-0.4, -0.2) is 10.5 Å². The normalized spacial score (nSPS) is 11.0. The molecule has 1 aromatic heterocycles. The van der Waals surface area contributed by atoms with E-state index in [2.05, 4.69) is 5.32 Å². The Bertz CT molecular complexity index is 757. The summed E-state index contributed by atoms with van der Waals surface area (Å²) < 4.78 is 1.81. The van der Waals surface area contributed by atoms with Crippen LogP contribution in [0.15, 0.2) is 42.1 Å². The van der Waals surface area contributed by atoms with Gasteiger partial charge >= 0.3 is 0 Å². The van der Waals surface area contributed by atoms with Crippen LogP contribution in [0.4, 0.5) is 5.69 Å². The molecule has 21 heavy (non-hydrogen) atoms. The molecule has 1 amide bonds. The third-order valence-corrected chi connectivity index (χ3v) is 3.37. The van der Waals surface area contributed by atoms with Gasteiger partial charge in [0, 0.05) is 24.0 Å². The highest BCUT2D eigenvalue weighted by Gasteiger charge is 2.12. The quantitative estimate of drug-likeness (QED) is 0.689. The Morgan fingerprint density at radius 3 is 2.71 bits per heavy atom. The molecule has 0 aliphatic carbocycles. The highest BCUT2D eigenvalue weighted by atomic mass is 35.5. The third-order valence-electron chi connectivity index (χ3n) is 2.82. The Labute approximate surface area is 132 Å². The first-order valence-electron chi connectivity index (χ1n) is 6.01. The molecule has 0 aliphatic rings. The molecule has 0 saturated heterocycles. The molecule has 1 N–H and O–H groups in total. The van der Waals surface area contributed by atoms with Crippen molar-refractivity contribution in [2.45, 2.75) is 0 Å². The zero-order chi connectivity index (χ0) is 15.4. The van der Waals surface area contributed by atoms with Gasteiger partial charge < -0.3 is 9.88 Å². The van der Waals surface area contributed by atoms with Gasteiger partial charge in [-0.1, -0.05) is 23.2 Å². The van der Waals surface area contributed by atoms with E-state index >= 15 is 0 Å². The van der Waals surface area contributed by atoms with Gasteiger partial charge in [-0.05, 0) is 36.4 Å². The summed E-state index contributed by atoms with van der Waals surface area (Å²) in [7, 11) is 1.83. The van der Waals surface area contributed by atoms with Gasteiger partial charge in [-0.2, -0.15) is 5.26 Å². The summed E-state index contributed by atoms with van der Waals surface area (Å²) in [6.45, 7) is 0. The lowest BCUT2D eigenvalue weighted by atomic mass is 10.2. The number of hydrogen-bond donors (Lipinski definition) is 1. The highest BCUT2D eigenvalue weighted by Crippen LogP contribution is 2.25. The number of benzene rings is 1. The summed E-state index contributed by atoms with van der Waals surface area (Å²) in [5, 5.41) is 12.5. The Morgan fingerprint density at radius 1 is 1.38 bits per heavy atom. The summed E-state index contributed by atoms with van der Waals surface area (Å²) in [6.07, 6.45) is 3.34. The number of carbonyl (C=O) groups is 1. The number of rotatable bonds is 3. The third kappa shape index (κ3) is 3.66. The first kappa shape index (κ1) is 15.2. The van der Waals surface area contributed by atoms with Gasteiger partial charge in [0.25, 0.3) is 5.91 Å². The van der Waals surface area contributed by atoms with E-state index in [9.17, 15) is 4.79 Å². The minimum absolute atomic E-state index is 0.0113. The first-order chi connectivity index (χ1) is 10.0. The molecule has 0 unspecified atom stereocenters. The molecule has 106 valence electrons. The number of hydrogen-bond acceptors (Lipinski definition) is 2. The lowest BCUT2D eigenvalue weighted by Gasteiger charge is -2.07. The van der Waals surface area contributed by atoms with E-state index in [0.29, 0.717) is 15.7 Å². The van der Waals surface area contributed by atoms with Crippen molar-refractivity contribution in [2.24, 2.45) is 7.05 Å². The Balaban J connectivity index is 2.24. The van der Waals surface area contributed by atoms with Gasteiger partial charge in [0.15, 0.2) is 0 Å². The molecule has 1 aromatic carbocycles. The standard InChI is InChI=1S/C15H11Cl2N3O/c1-20-6-2-3-12(20)7-10(9-18)15(21)19-14-5-4-11(16)8-13(14)17/h2-8H,1H3,(H,19,21)/b10-7+. The van der Waals surface area contributed by atoms with Gasteiger partial charge in [-0.15, -0.1) is 0 Å². The van der Waals surface area contributed by atoms with Crippen molar-refractivity contribution in [3.05, 3.63) is 57.8 Å². The van der Waals surface area contributed by atoms with E-state index in [4.69, 9.17) is 28.5 Å². The van der Waals surface area contributed by atoms with Crippen molar-refractivity contribution in [3.63, 3.8) is 0 Å². The molecule has 0 bridgehead atoms. The smallest absolute Gasteiger partial charge is 0.266 e. The summed E-state index contributed by atoms with van der Waals surface area (Å²) in [4.78, 5) is 12.1. The van der Waals surface area contributed by atoms with Crippen molar-refractivity contribution >= 4 is 40.9 Å². The lowest BCUT2D eigenvalue weighted by Crippen LogP contribution is -2.14. The number of nitrogens with zero attached hydrogens (tertiary/aromatic N) is 2. The van der Waals surface area contributed by atoms with E-state index in [1.54, 1.807) is 22.8 Å². The van der Waals surface area contributed by atoms with Crippen LogP contribution in [0.1, 0.15) is 5.69 Å². The van der Waals surface area contributed by atoms with Crippen LogP contribution >= 0.6 is 23.2 Å². The number of halogens is 2. The number of anilines is 1. The van der Waals surface area contributed by atoms with Gasteiger partial charge in [0.2, 0.25) is 0 Å². The number of aryl methyl sites for hydroxylation is 1. The molecule has 0 spiro atoms. The van der Waals surface area contributed by atoms with Crippen LogP contribution in [-0.2, 0) is 11.8 Å². The summed E-state index contributed by atoms with van der Waals surface area (Å²) in [5.74, 6) is -0.525. The van der Waals surface area contributed by atoms with Gasteiger partial charge in [0.1, 0.15) is 11.6 Å². The van der Waals surface area contributed by atoms with E-state index in [1.165, 1.54) is 12.1 Å². The number of aromatic nitrogens is 1. The topological polar surface area (TPSA) is 57.8 Å². The van der Waals surface area contributed by atoms with Crippen LogP contribution in [0.25, 0.3) is 6.08 Å². The fourth-order valence-corrected chi connectivity index (χ4v) is 2.16. The van der Waals surface area contributed by atoms with Crippen LogP contribution < -0.4 is 5.32 Å². The molecule has 6 heteroatoms. The highest BCUT2D eigenvalue weighted by molar-refractivity contribution is 6.36. The second kappa shape index (κ2) is 6.49.